The van der Waals surface area contributed by atoms with Crippen molar-refractivity contribution in [3.05, 3.63) is 136 Å². The van der Waals surface area contributed by atoms with Gasteiger partial charge in [0.05, 0.1) is 11.6 Å². The number of aliphatic hydroxyl groups is 1. The Morgan fingerprint density at radius 2 is 1.71 bits per heavy atom. The van der Waals surface area contributed by atoms with E-state index in [-0.39, 0.29) is 17.9 Å². The highest BCUT2D eigenvalue weighted by Crippen LogP contribution is 2.41. The lowest BCUT2D eigenvalue weighted by Gasteiger charge is -2.25. The molecule has 38 heavy (non-hydrogen) atoms. The summed E-state index contributed by atoms with van der Waals surface area (Å²) in [5.74, 6) is -1.07. The van der Waals surface area contributed by atoms with Crippen LogP contribution in [-0.4, -0.2) is 26.7 Å². The zero-order valence-corrected chi connectivity index (χ0v) is 21.4. The maximum Gasteiger partial charge on any atom is 0.295 e. The maximum atomic E-state index is 13.3. The summed E-state index contributed by atoms with van der Waals surface area (Å²) in [5, 5.41) is 11.8. The summed E-state index contributed by atoms with van der Waals surface area (Å²) in [5.41, 5.74) is 4.08. The van der Waals surface area contributed by atoms with Crippen molar-refractivity contribution >= 4 is 29.1 Å². The summed E-state index contributed by atoms with van der Waals surface area (Å²) in [6.07, 6.45) is 3.26. The van der Waals surface area contributed by atoms with Crippen LogP contribution in [-0.2, 0) is 22.7 Å². The van der Waals surface area contributed by atoms with Gasteiger partial charge in [-0.3, -0.25) is 14.6 Å². The van der Waals surface area contributed by atoms with Crippen LogP contribution >= 0.6 is 11.6 Å². The molecular weight excluding hydrogens is 500 g/mol. The van der Waals surface area contributed by atoms with Crippen molar-refractivity contribution in [3.8, 4) is 5.75 Å². The fourth-order valence-corrected chi connectivity index (χ4v) is 4.75. The molecule has 0 aliphatic carbocycles. The molecule has 0 radical (unpaired) electrons. The summed E-state index contributed by atoms with van der Waals surface area (Å²) in [7, 11) is 0. The van der Waals surface area contributed by atoms with Crippen LogP contribution < -0.4 is 4.74 Å². The molecule has 6 nitrogen and oxygen atoms in total. The molecule has 4 aromatic rings. The summed E-state index contributed by atoms with van der Waals surface area (Å²) >= 11 is 6.26. The Balaban J connectivity index is 1.48. The van der Waals surface area contributed by atoms with Crippen molar-refractivity contribution < 1.29 is 19.4 Å². The molecule has 1 N–H and O–H groups in total. The van der Waals surface area contributed by atoms with Gasteiger partial charge in [-0.15, -0.1) is 0 Å². The number of hydrogen-bond acceptors (Lipinski definition) is 5. The molecule has 190 valence electrons. The SMILES string of the molecule is Cc1ccccc1COc1ccc(/C(O)=C2\C(=O)C(=O)N(Cc3ccncc3)C2c2cccc(Cl)c2)cc1. The molecule has 3 aromatic carbocycles. The first kappa shape index (κ1) is 25.2. The Bertz CT molecular complexity index is 1520. The number of likely N-dealkylation sites (tertiary alicyclic amines) is 1. The van der Waals surface area contributed by atoms with Crippen LogP contribution in [0.3, 0.4) is 0 Å². The van der Waals surface area contributed by atoms with Gasteiger partial charge in [0.25, 0.3) is 11.7 Å². The first-order valence-electron chi connectivity index (χ1n) is 12.1. The quantitative estimate of drug-likeness (QED) is 0.176. The number of ether oxygens (including phenoxy) is 1. The smallest absolute Gasteiger partial charge is 0.295 e. The largest absolute Gasteiger partial charge is 0.507 e. The molecule has 0 spiro atoms. The van der Waals surface area contributed by atoms with Gasteiger partial charge in [-0.2, -0.15) is 0 Å². The van der Waals surface area contributed by atoms with Crippen molar-refractivity contribution in [2.45, 2.75) is 26.1 Å². The molecule has 1 amide bonds. The minimum absolute atomic E-state index is 0.0138. The third-order valence-electron chi connectivity index (χ3n) is 6.59. The number of carbonyl (C=O) groups is 2. The van der Waals surface area contributed by atoms with Gasteiger partial charge < -0.3 is 14.7 Å². The number of ketones is 1. The third kappa shape index (κ3) is 5.17. The molecule has 1 aromatic heterocycles. The predicted octanol–water partition coefficient (Wildman–Crippen LogP) is 6.24. The molecule has 7 heteroatoms. The van der Waals surface area contributed by atoms with E-state index in [1.54, 1.807) is 73.1 Å². The van der Waals surface area contributed by atoms with Crippen LogP contribution in [0, 0.1) is 6.92 Å². The van der Waals surface area contributed by atoms with E-state index < -0.39 is 17.7 Å². The average molecular weight is 525 g/mol. The van der Waals surface area contributed by atoms with Gasteiger partial charge in [0.2, 0.25) is 0 Å². The van der Waals surface area contributed by atoms with E-state index in [1.165, 1.54) is 4.90 Å². The second-order valence-corrected chi connectivity index (χ2v) is 9.51. The van der Waals surface area contributed by atoms with Crippen molar-refractivity contribution in [2.24, 2.45) is 0 Å². The van der Waals surface area contributed by atoms with E-state index in [0.29, 0.717) is 28.5 Å². The summed E-state index contributed by atoms with van der Waals surface area (Å²) in [6.45, 7) is 2.61. The Morgan fingerprint density at radius 3 is 2.42 bits per heavy atom. The van der Waals surface area contributed by atoms with Crippen molar-refractivity contribution in [3.63, 3.8) is 0 Å². The molecule has 1 fully saturated rings. The lowest BCUT2D eigenvalue weighted by Crippen LogP contribution is -2.29. The Labute approximate surface area is 225 Å². The van der Waals surface area contributed by atoms with Crippen molar-refractivity contribution in [1.29, 1.82) is 0 Å². The number of aromatic nitrogens is 1. The Morgan fingerprint density at radius 1 is 0.974 bits per heavy atom. The van der Waals surface area contributed by atoms with Crippen LogP contribution in [0.5, 0.6) is 5.75 Å². The van der Waals surface area contributed by atoms with Gasteiger partial charge in [0.15, 0.2) is 0 Å². The lowest BCUT2D eigenvalue weighted by molar-refractivity contribution is -0.140. The van der Waals surface area contributed by atoms with Gasteiger partial charge in [-0.1, -0.05) is 48.0 Å². The first-order chi connectivity index (χ1) is 18.4. The molecule has 5 rings (SSSR count). The van der Waals surface area contributed by atoms with Crippen molar-refractivity contribution in [1.82, 2.24) is 9.88 Å². The van der Waals surface area contributed by atoms with E-state index in [1.807, 2.05) is 31.2 Å². The molecule has 1 unspecified atom stereocenters. The van der Waals surface area contributed by atoms with E-state index in [9.17, 15) is 14.7 Å². The standard InChI is InChI=1S/C31H25ClN2O4/c1-20-5-2-3-6-24(20)19-38-26-11-9-22(10-12-26)29(35)27-28(23-7-4-8-25(32)17-23)34(31(37)30(27)36)18-21-13-15-33-16-14-21/h2-17,28,35H,18-19H2,1H3/b29-27+. The number of pyridine rings is 1. The fraction of sp³-hybridized carbons (Fsp3) is 0.129. The maximum absolute atomic E-state index is 13.3. The number of benzene rings is 3. The van der Waals surface area contributed by atoms with E-state index in [2.05, 4.69) is 4.98 Å². The number of rotatable bonds is 7. The Hall–Kier alpha value is -4.42. The number of hydrogen-bond donors (Lipinski definition) is 1. The zero-order valence-electron chi connectivity index (χ0n) is 20.7. The number of nitrogens with zero attached hydrogens (tertiary/aromatic N) is 2. The molecule has 1 saturated heterocycles. The van der Waals surface area contributed by atoms with E-state index in [4.69, 9.17) is 16.3 Å². The molecule has 1 aliphatic rings. The molecule has 2 heterocycles. The second kappa shape index (κ2) is 10.9. The van der Waals surface area contributed by atoms with Gasteiger partial charge in [0, 0.05) is 29.5 Å². The highest BCUT2D eigenvalue weighted by molar-refractivity contribution is 6.46. The van der Waals surface area contributed by atoms with Crippen LogP contribution in [0.1, 0.15) is 33.9 Å². The first-order valence-corrected chi connectivity index (χ1v) is 12.5. The second-order valence-electron chi connectivity index (χ2n) is 9.08. The topological polar surface area (TPSA) is 79.7 Å². The molecule has 1 atom stereocenters. The van der Waals surface area contributed by atoms with Crippen molar-refractivity contribution in [2.75, 3.05) is 0 Å². The van der Waals surface area contributed by atoms with E-state index in [0.717, 1.165) is 16.7 Å². The number of aliphatic hydroxyl groups excluding tert-OH is 1. The highest BCUT2D eigenvalue weighted by atomic mass is 35.5. The summed E-state index contributed by atoms with van der Waals surface area (Å²) in [6, 6.07) is 24.5. The summed E-state index contributed by atoms with van der Waals surface area (Å²) in [4.78, 5) is 31.9. The molecule has 0 saturated carbocycles. The van der Waals surface area contributed by atoms with Gasteiger partial charge in [-0.25, -0.2) is 0 Å². The average Bonchev–Trinajstić information content (AvgIpc) is 3.18. The number of aryl methyl sites for hydroxylation is 1. The van der Waals surface area contributed by atoms with Crippen LogP contribution in [0.2, 0.25) is 5.02 Å². The van der Waals surface area contributed by atoms with Crippen LogP contribution in [0.25, 0.3) is 5.76 Å². The van der Waals surface area contributed by atoms with Gasteiger partial charge in [0.1, 0.15) is 18.1 Å². The normalized spacial score (nSPS) is 16.6. The molecule has 0 bridgehead atoms. The molecule has 1 aliphatic heterocycles. The highest BCUT2D eigenvalue weighted by Gasteiger charge is 2.46. The minimum Gasteiger partial charge on any atom is -0.507 e. The number of amides is 1. The van der Waals surface area contributed by atoms with E-state index >= 15 is 0 Å². The van der Waals surface area contributed by atoms with Gasteiger partial charge in [-0.05, 0) is 77.7 Å². The Kier molecular flexibility index (Phi) is 7.24. The monoisotopic (exact) mass is 524 g/mol. The lowest BCUT2D eigenvalue weighted by atomic mass is 9.95. The van der Waals surface area contributed by atoms with Gasteiger partial charge >= 0.3 is 0 Å². The van der Waals surface area contributed by atoms with Crippen LogP contribution in [0.15, 0.2) is 103 Å². The third-order valence-corrected chi connectivity index (χ3v) is 6.83. The van der Waals surface area contributed by atoms with Crippen LogP contribution in [0.4, 0.5) is 0 Å². The number of Topliss-reactive ketones (excluding diaryl/α,β-unsaturated/α-hetero) is 1. The number of carbonyl (C=O) groups excluding carboxylic acids is 2. The molecular formula is C31H25ClN2O4. The fourth-order valence-electron chi connectivity index (χ4n) is 4.55. The zero-order chi connectivity index (χ0) is 26.6. The minimum atomic E-state index is -0.807. The summed E-state index contributed by atoms with van der Waals surface area (Å²) < 4.78 is 5.91. The predicted molar refractivity (Wildman–Crippen MR) is 145 cm³/mol. The number of halogens is 1.